The lowest BCUT2D eigenvalue weighted by Crippen LogP contribution is -2.27. The number of amides is 1. The molecule has 1 fully saturated rings. The van der Waals surface area contributed by atoms with Gasteiger partial charge in [-0.2, -0.15) is 0 Å². The van der Waals surface area contributed by atoms with Crippen molar-refractivity contribution in [3.63, 3.8) is 0 Å². The van der Waals surface area contributed by atoms with Crippen LogP contribution in [0, 0.1) is 11.8 Å². The van der Waals surface area contributed by atoms with Crippen LogP contribution in [0.5, 0.6) is 11.5 Å². The fourth-order valence-electron chi connectivity index (χ4n) is 4.31. The second-order valence-electron chi connectivity index (χ2n) is 8.23. The van der Waals surface area contributed by atoms with E-state index in [1.165, 1.54) is 6.08 Å². The van der Waals surface area contributed by atoms with Gasteiger partial charge in [0.05, 0.1) is 29.8 Å². The summed E-state index contributed by atoms with van der Waals surface area (Å²) >= 11 is 13.2. The van der Waals surface area contributed by atoms with Crippen LogP contribution < -0.4 is 9.47 Å². The summed E-state index contributed by atoms with van der Waals surface area (Å²) in [6.07, 6.45) is 3.90. The zero-order valence-electron chi connectivity index (χ0n) is 18.8. The number of carbonyl (C=O) groups is 1. The Balaban J connectivity index is 1.63. The molecular weight excluding hydrogens is 461 g/mol. The third kappa shape index (κ3) is 4.50. The number of ether oxygens (including phenoxy) is 2. The van der Waals surface area contributed by atoms with Crippen molar-refractivity contribution in [3.05, 3.63) is 59.0 Å². The van der Waals surface area contributed by atoms with Gasteiger partial charge in [0.1, 0.15) is 17.3 Å². The Bertz CT molecular complexity index is 1200. The number of methoxy groups -OCH3 is 2. The number of hydrogen-bond acceptors (Lipinski definition) is 5. The largest absolute Gasteiger partial charge is 0.495 e. The lowest BCUT2D eigenvalue weighted by atomic mass is 9.94. The molecule has 1 aliphatic heterocycles. The molecule has 2 heterocycles. The van der Waals surface area contributed by atoms with Gasteiger partial charge in [-0.3, -0.25) is 4.79 Å². The molecule has 0 spiro atoms. The molecule has 1 amide bonds. The van der Waals surface area contributed by atoms with Crippen LogP contribution in [0.2, 0.25) is 10.0 Å². The van der Waals surface area contributed by atoms with Crippen molar-refractivity contribution in [1.82, 2.24) is 14.9 Å². The summed E-state index contributed by atoms with van der Waals surface area (Å²) < 4.78 is 10.8. The third-order valence-corrected chi connectivity index (χ3v) is 6.94. The second-order valence-corrected chi connectivity index (χ2v) is 8.99. The van der Waals surface area contributed by atoms with Gasteiger partial charge in [-0.1, -0.05) is 42.8 Å². The Morgan fingerprint density at radius 1 is 1.18 bits per heavy atom. The van der Waals surface area contributed by atoms with Crippen LogP contribution in [-0.2, 0) is 11.2 Å². The zero-order valence-corrected chi connectivity index (χ0v) is 20.3. The fraction of sp³-hybridized carbons (Fsp3) is 0.320. The number of nitrogens with zero attached hydrogens (tertiary/aromatic N) is 3. The molecule has 1 saturated heterocycles. The summed E-state index contributed by atoms with van der Waals surface area (Å²) in [5, 5.41) is 1.69. The number of rotatable bonds is 6. The number of fused-ring (bicyclic) bond motifs is 1. The first-order valence-electron chi connectivity index (χ1n) is 10.6. The minimum atomic E-state index is -0.0252. The molecule has 0 radical (unpaired) electrons. The number of likely N-dealkylation sites (tertiary alicyclic amines) is 1. The van der Waals surface area contributed by atoms with Crippen molar-refractivity contribution in [1.29, 1.82) is 0 Å². The number of hydrogen-bond donors (Lipinski definition) is 0. The third-order valence-electron chi connectivity index (χ3n) is 6.19. The summed E-state index contributed by atoms with van der Waals surface area (Å²) in [5.74, 6) is 2.39. The van der Waals surface area contributed by atoms with Crippen LogP contribution in [0.4, 0.5) is 0 Å². The van der Waals surface area contributed by atoms with Crippen molar-refractivity contribution in [3.8, 4) is 22.6 Å². The standard InChI is InChI=1S/C25H25Cl2N3O3/c1-5-22(31)30-12-14(2)17(13-30)9-21-28-11-16-8-15(6-7-18(16)29-21)23-24(26)19(32-3)10-20(33-4)25(23)27/h5-8,10-11,14,17H,1,9,12-13H2,2-4H3/t14-,17-/m1/s1. The van der Waals surface area contributed by atoms with Gasteiger partial charge in [0.2, 0.25) is 5.91 Å². The van der Waals surface area contributed by atoms with E-state index in [0.717, 1.165) is 28.8 Å². The Kier molecular flexibility index (Phi) is 6.77. The van der Waals surface area contributed by atoms with Gasteiger partial charge >= 0.3 is 0 Å². The monoisotopic (exact) mass is 485 g/mol. The van der Waals surface area contributed by atoms with Crippen molar-refractivity contribution < 1.29 is 14.3 Å². The quantitative estimate of drug-likeness (QED) is 0.434. The van der Waals surface area contributed by atoms with Crippen molar-refractivity contribution in [2.75, 3.05) is 27.3 Å². The molecule has 33 heavy (non-hydrogen) atoms. The normalized spacial score (nSPS) is 17.9. The highest BCUT2D eigenvalue weighted by Gasteiger charge is 2.32. The van der Waals surface area contributed by atoms with Crippen LogP contribution in [0.1, 0.15) is 12.7 Å². The highest BCUT2D eigenvalue weighted by molar-refractivity contribution is 6.41. The SMILES string of the molecule is C=CC(=O)N1C[C@@H](Cc2ncc3cc(-c4c(Cl)c(OC)cc(OC)c4Cl)ccc3n2)[C@H](C)C1. The van der Waals surface area contributed by atoms with Gasteiger partial charge in [-0.05, 0) is 35.6 Å². The van der Waals surface area contributed by atoms with E-state index in [9.17, 15) is 4.79 Å². The smallest absolute Gasteiger partial charge is 0.245 e. The molecule has 1 aromatic heterocycles. The molecule has 2 aromatic carbocycles. The van der Waals surface area contributed by atoms with Crippen molar-refractivity contribution in [2.45, 2.75) is 13.3 Å². The number of halogens is 2. The van der Waals surface area contributed by atoms with Gasteiger partial charge in [0.15, 0.2) is 0 Å². The Hall–Kier alpha value is -2.83. The van der Waals surface area contributed by atoms with Crippen LogP contribution in [0.25, 0.3) is 22.0 Å². The van der Waals surface area contributed by atoms with Gasteiger partial charge in [0.25, 0.3) is 0 Å². The second kappa shape index (κ2) is 9.57. The predicted molar refractivity (Wildman–Crippen MR) is 131 cm³/mol. The van der Waals surface area contributed by atoms with Crippen LogP contribution >= 0.6 is 23.2 Å². The van der Waals surface area contributed by atoms with E-state index in [1.807, 2.05) is 29.3 Å². The summed E-state index contributed by atoms with van der Waals surface area (Å²) in [6.45, 7) is 7.17. The van der Waals surface area contributed by atoms with E-state index in [4.69, 9.17) is 37.7 Å². The first-order valence-corrected chi connectivity index (χ1v) is 11.4. The van der Waals surface area contributed by atoms with Crippen molar-refractivity contribution in [2.24, 2.45) is 11.8 Å². The summed E-state index contributed by atoms with van der Waals surface area (Å²) in [4.78, 5) is 23.1. The minimum absolute atomic E-state index is 0.0252. The maximum absolute atomic E-state index is 12.0. The fourth-order valence-corrected chi connectivity index (χ4v) is 5.03. The maximum Gasteiger partial charge on any atom is 0.245 e. The summed E-state index contributed by atoms with van der Waals surface area (Å²) in [6, 6.07) is 7.47. The molecule has 172 valence electrons. The average molecular weight is 486 g/mol. The summed E-state index contributed by atoms with van der Waals surface area (Å²) in [5.41, 5.74) is 2.27. The molecule has 1 aliphatic rings. The predicted octanol–water partition coefficient (Wildman–Crippen LogP) is 5.44. The van der Waals surface area contributed by atoms with E-state index >= 15 is 0 Å². The van der Waals surface area contributed by atoms with Crippen LogP contribution in [-0.4, -0.2) is 48.1 Å². The Morgan fingerprint density at radius 3 is 2.52 bits per heavy atom. The lowest BCUT2D eigenvalue weighted by molar-refractivity contribution is -0.125. The molecule has 2 atom stereocenters. The first kappa shape index (κ1) is 23.3. The van der Waals surface area contributed by atoms with E-state index in [-0.39, 0.29) is 5.91 Å². The van der Waals surface area contributed by atoms with E-state index in [1.54, 1.807) is 20.3 Å². The van der Waals surface area contributed by atoms with Crippen LogP contribution in [0.3, 0.4) is 0 Å². The molecule has 8 heteroatoms. The zero-order chi connectivity index (χ0) is 23.7. The topological polar surface area (TPSA) is 64.6 Å². The first-order chi connectivity index (χ1) is 15.9. The molecular formula is C25H25Cl2N3O3. The van der Waals surface area contributed by atoms with Gasteiger partial charge in [-0.15, -0.1) is 0 Å². The molecule has 4 rings (SSSR count). The van der Waals surface area contributed by atoms with Gasteiger partial charge < -0.3 is 14.4 Å². The molecule has 0 unspecified atom stereocenters. The highest BCUT2D eigenvalue weighted by atomic mass is 35.5. The highest BCUT2D eigenvalue weighted by Crippen LogP contribution is 2.46. The van der Waals surface area contributed by atoms with Crippen LogP contribution in [0.15, 0.2) is 43.1 Å². The molecule has 6 nitrogen and oxygen atoms in total. The number of benzene rings is 2. The molecule has 0 saturated carbocycles. The Labute approximate surface area is 203 Å². The van der Waals surface area contributed by atoms with E-state index in [2.05, 4.69) is 18.5 Å². The van der Waals surface area contributed by atoms with Gasteiger partial charge in [-0.25, -0.2) is 9.97 Å². The lowest BCUT2D eigenvalue weighted by Gasteiger charge is -2.15. The van der Waals surface area contributed by atoms with E-state index < -0.39 is 0 Å². The summed E-state index contributed by atoms with van der Waals surface area (Å²) in [7, 11) is 3.09. The molecule has 0 N–H and O–H groups in total. The van der Waals surface area contributed by atoms with Crippen molar-refractivity contribution >= 4 is 40.0 Å². The minimum Gasteiger partial charge on any atom is -0.495 e. The Morgan fingerprint density at radius 2 is 1.88 bits per heavy atom. The number of carbonyl (C=O) groups excluding carboxylic acids is 1. The molecule has 0 bridgehead atoms. The number of aromatic nitrogens is 2. The molecule has 0 aliphatic carbocycles. The maximum atomic E-state index is 12.0. The van der Waals surface area contributed by atoms with E-state index in [0.29, 0.717) is 51.9 Å². The molecule has 3 aromatic rings. The van der Waals surface area contributed by atoms with Gasteiger partial charge in [0, 0.05) is 42.7 Å². The average Bonchev–Trinajstić information content (AvgIpc) is 3.18.